The van der Waals surface area contributed by atoms with Gasteiger partial charge in [-0.15, -0.1) is 0 Å². The Balaban J connectivity index is 1.36. The first kappa shape index (κ1) is 21.7. The second-order valence-corrected chi connectivity index (χ2v) is 8.15. The molecule has 10 heteroatoms. The van der Waals surface area contributed by atoms with Gasteiger partial charge in [-0.25, -0.2) is 4.39 Å². The van der Waals surface area contributed by atoms with E-state index in [9.17, 15) is 14.0 Å². The molecule has 0 N–H and O–H groups in total. The van der Waals surface area contributed by atoms with E-state index < -0.39 is 0 Å². The second kappa shape index (κ2) is 9.33. The molecule has 2 aliphatic rings. The third kappa shape index (κ3) is 4.89. The molecule has 2 amide bonds. The molecule has 31 heavy (non-hydrogen) atoms. The number of carbonyl (C=O) groups is 2. The van der Waals surface area contributed by atoms with Crippen molar-refractivity contribution in [2.24, 2.45) is 7.05 Å². The Hall–Kier alpha value is -2.49. The summed E-state index contributed by atoms with van der Waals surface area (Å²) >= 11 is 6.13. The van der Waals surface area contributed by atoms with Crippen LogP contribution in [-0.2, 0) is 18.3 Å². The van der Waals surface area contributed by atoms with E-state index in [-0.39, 0.29) is 23.3 Å². The molecule has 2 aromatic rings. The summed E-state index contributed by atoms with van der Waals surface area (Å²) in [6.45, 7) is 5.14. The van der Waals surface area contributed by atoms with Gasteiger partial charge >= 0.3 is 0 Å². The number of carbonyl (C=O) groups excluding carboxylic acids is 2. The molecule has 1 aromatic carbocycles. The summed E-state index contributed by atoms with van der Waals surface area (Å²) in [6.07, 6.45) is 0. The highest BCUT2D eigenvalue weighted by molar-refractivity contribution is 6.31. The van der Waals surface area contributed by atoms with Gasteiger partial charge in [0.1, 0.15) is 11.5 Å². The van der Waals surface area contributed by atoms with Crippen molar-refractivity contribution in [3.63, 3.8) is 0 Å². The monoisotopic (exact) mass is 449 g/mol. The molecular formula is C21H25ClFN5O3. The third-order valence-electron chi connectivity index (χ3n) is 5.68. The van der Waals surface area contributed by atoms with Gasteiger partial charge in [0.2, 0.25) is 0 Å². The van der Waals surface area contributed by atoms with Gasteiger partial charge in [-0.05, 0) is 17.7 Å². The number of morpholine rings is 1. The average molecular weight is 450 g/mol. The quantitative estimate of drug-likeness (QED) is 0.709. The smallest absolute Gasteiger partial charge is 0.274 e. The highest BCUT2D eigenvalue weighted by atomic mass is 35.5. The highest BCUT2D eigenvalue weighted by Gasteiger charge is 2.28. The Bertz CT molecular complexity index is 968. The average Bonchev–Trinajstić information content (AvgIpc) is 3.17. The minimum absolute atomic E-state index is 0.143. The fourth-order valence-electron chi connectivity index (χ4n) is 3.86. The second-order valence-electron chi connectivity index (χ2n) is 7.75. The summed E-state index contributed by atoms with van der Waals surface area (Å²) < 4.78 is 20.0. The number of aryl methyl sites for hydroxylation is 1. The molecule has 0 bridgehead atoms. The lowest BCUT2D eigenvalue weighted by atomic mass is 10.2. The lowest BCUT2D eigenvalue weighted by Crippen LogP contribution is -2.48. The summed E-state index contributed by atoms with van der Waals surface area (Å²) in [5.74, 6) is -0.679. The van der Waals surface area contributed by atoms with E-state index in [0.29, 0.717) is 69.7 Å². The van der Waals surface area contributed by atoms with Gasteiger partial charge in [-0.3, -0.25) is 19.2 Å². The summed E-state index contributed by atoms with van der Waals surface area (Å²) in [4.78, 5) is 31.3. The zero-order chi connectivity index (χ0) is 22.0. The molecular weight excluding hydrogens is 425 g/mol. The van der Waals surface area contributed by atoms with Gasteiger partial charge in [0.25, 0.3) is 11.8 Å². The van der Waals surface area contributed by atoms with Crippen molar-refractivity contribution < 1.29 is 18.7 Å². The molecule has 0 saturated carbocycles. The predicted molar refractivity (Wildman–Crippen MR) is 113 cm³/mol. The molecule has 0 aliphatic carbocycles. The molecule has 1 aromatic heterocycles. The van der Waals surface area contributed by atoms with E-state index in [2.05, 4.69) is 10.00 Å². The number of halogens is 2. The summed E-state index contributed by atoms with van der Waals surface area (Å²) in [5, 5.41) is 4.68. The zero-order valence-electron chi connectivity index (χ0n) is 17.4. The first-order valence-electron chi connectivity index (χ1n) is 10.3. The van der Waals surface area contributed by atoms with Gasteiger partial charge in [0, 0.05) is 63.9 Å². The van der Waals surface area contributed by atoms with Crippen LogP contribution >= 0.6 is 11.6 Å². The van der Waals surface area contributed by atoms with Crippen LogP contribution < -0.4 is 0 Å². The first-order valence-corrected chi connectivity index (χ1v) is 10.7. The van der Waals surface area contributed by atoms with Crippen LogP contribution in [0.2, 0.25) is 5.02 Å². The van der Waals surface area contributed by atoms with Crippen LogP contribution in [0.25, 0.3) is 0 Å². The molecule has 166 valence electrons. The van der Waals surface area contributed by atoms with Crippen molar-refractivity contribution in [1.82, 2.24) is 24.5 Å². The van der Waals surface area contributed by atoms with Gasteiger partial charge in [-0.2, -0.15) is 5.10 Å². The number of hydrogen-bond acceptors (Lipinski definition) is 5. The Labute approximate surface area is 185 Å². The number of nitrogens with zero attached hydrogens (tertiary/aromatic N) is 5. The van der Waals surface area contributed by atoms with Crippen molar-refractivity contribution in [1.29, 1.82) is 0 Å². The van der Waals surface area contributed by atoms with E-state index >= 15 is 0 Å². The molecule has 4 rings (SSSR count). The number of piperazine rings is 1. The van der Waals surface area contributed by atoms with Crippen molar-refractivity contribution >= 4 is 23.4 Å². The van der Waals surface area contributed by atoms with Crippen LogP contribution in [0.1, 0.15) is 26.5 Å². The number of rotatable bonds is 4. The molecule has 0 spiro atoms. The molecule has 2 saturated heterocycles. The number of amides is 2. The van der Waals surface area contributed by atoms with E-state index in [4.69, 9.17) is 16.3 Å². The minimum atomic E-state index is -0.355. The normalized spacial score (nSPS) is 17.8. The van der Waals surface area contributed by atoms with Crippen LogP contribution in [0, 0.1) is 5.82 Å². The van der Waals surface area contributed by atoms with E-state index in [1.165, 1.54) is 16.8 Å². The maximum Gasteiger partial charge on any atom is 0.274 e. The Morgan fingerprint density at radius 3 is 2.39 bits per heavy atom. The third-order valence-corrected chi connectivity index (χ3v) is 6.04. The van der Waals surface area contributed by atoms with Crippen LogP contribution in [0.5, 0.6) is 0 Å². The van der Waals surface area contributed by atoms with Crippen molar-refractivity contribution in [2.75, 3.05) is 52.5 Å². The van der Waals surface area contributed by atoms with Crippen LogP contribution in [0.15, 0.2) is 24.3 Å². The van der Waals surface area contributed by atoms with E-state index in [0.717, 1.165) is 5.56 Å². The van der Waals surface area contributed by atoms with Crippen molar-refractivity contribution in [3.05, 3.63) is 52.1 Å². The van der Waals surface area contributed by atoms with Gasteiger partial charge in [-0.1, -0.05) is 17.7 Å². The summed E-state index contributed by atoms with van der Waals surface area (Å²) in [6, 6.07) is 5.98. The number of hydrogen-bond donors (Lipinski definition) is 0. The standard InChI is InChI=1S/C21H25ClFN5O3/c1-25-19(13-18(24-25)20(29)28-8-10-31-11-9-28)21(30)27-6-4-26(5-7-27)14-15-2-3-16(23)12-17(15)22/h2-3,12-13H,4-11,14H2,1H3. The predicted octanol–water partition coefficient (Wildman–Crippen LogP) is 1.64. The molecule has 3 heterocycles. The van der Waals surface area contributed by atoms with E-state index in [1.54, 1.807) is 29.0 Å². The molecule has 2 aliphatic heterocycles. The minimum Gasteiger partial charge on any atom is -0.378 e. The van der Waals surface area contributed by atoms with Crippen molar-refractivity contribution in [2.45, 2.75) is 6.54 Å². The first-order chi connectivity index (χ1) is 14.9. The lowest BCUT2D eigenvalue weighted by Gasteiger charge is -2.34. The number of aromatic nitrogens is 2. The van der Waals surface area contributed by atoms with Gasteiger partial charge < -0.3 is 14.5 Å². The number of benzene rings is 1. The molecule has 2 fully saturated rings. The molecule has 8 nitrogen and oxygen atoms in total. The Kier molecular flexibility index (Phi) is 6.54. The zero-order valence-corrected chi connectivity index (χ0v) is 18.1. The maximum absolute atomic E-state index is 13.2. The SMILES string of the molecule is Cn1nc(C(=O)N2CCOCC2)cc1C(=O)N1CCN(Cc2ccc(F)cc2Cl)CC1. The summed E-state index contributed by atoms with van der Waals surface area (Å²) in [5.41, 5.74) is 1.53. The van der Waals surface area contributed by atoms with Crippen LogP contribution in [-0.4, -0.2) is 88.8 Å². The number of ether oxygens (including phenoxy) is 1. The fraction of sp³-hybridized carbons (Fsp3) is 0.476. The fourth-order valence-corrected chi connectivity index (χ4v) is 4.09. The van der Waals surface area contributed by atoms with Crippen molar-refractivity contribution in [3.8, 4) is 0 Å². The molecule has 0 atom stereocenters. The topological polar surface area (TPSA) is 70.9 Å². The molecule has 0 unspecified atom stereocenters. The van der Waals surface area contributed by atoms with Gasteiger partial charge in [0.15, 0.2) is 5.69 Å². The Morgan fingerprint density at radius 2 is 1.71 bits per heavy atom. The Morgan fingerprint density at radius 1 is 1.03 bits per heavy atom. The van der Waals surface area contributed by atoms with Crippen LogP contribution in [0.3, 0.4) is 0 Å². The summed E-state index contributed by atoms with van der Waals surface area (Å²) in [7, 11) is 1.68. The maximum atomic E-state index is 13.2. The van der Waals surface area contributed by atoms with E-state index in [1.807, 2.05) is 0 Å². The molecule has 0 radical (unpaired) electrons. The lowest BCUT2D eigenvalue weighted by molar-refractivity contribution is 0.0298. The van der Waals surface area contributed by atoms with Crippen LogP contribution in [0.4, 0.5) is 4.39 Å². The van der Waals surface area contributed by atoms with Gasteiger partial charge in [0.05, 0.1) is 13.2 Å². The largest absolute Gasteiger partial charge is 0.378 e. The highest BCUT2D eigenvalue weighted by Crippen LogP contribution is 2.20.